The van der Waals surface area contributed by atoms with Crippen LogP contribution in [0.4, 0.5) is 0 Å². The summed E-state index contributed by atoms with van der Waals surface area (Å²) in [6.07, 6.45) is 8.49. The minimum Gasteiger partial charge on any atom is -0.497 e. The fraction of sp³-hybridized carbons (Fsp3) is 0.652. The molecule has 0 aromatic heterocycles. The van der Waals surface area contributed by atoms with Gasteiger partial charge in [0, 0.05) is 19.0 Å². The van der Waals surface area contributed by atoms with Crippen LogP contribution in [0.3, 0.4) is 0 Å². The van der Waals surface area contributed by atoms with Crippen molar-refractivity contribution in [2.24, 2.45) is 5.92 Å². The Morgan fingerprint density at radius 1 is 1.07 bits per heavy atom. The molecule has 2 saturated carbocycles. The second-order valence-corrected chi connectivity index (χ2v) is 8.35. The summed E-state index contributed by atoms with van der Waals surface area (Å²) in [6, 6.07) is 8.09. The van der Waals surface area contributed by atoms with Gasteiger partial charge in [0.05, 0.1) is 19.6 Å². The quantitative estimate of drug-likeness (QED) is 0.728. The fourth-order valence-corrected chi connectivity index (χ4v) is 4.50. The topological polar surface area (TPSA) is 58.6 Å². The molecule has 2 aliphatic carbocycles. The van der Waals surface area contributed by atoms with E-state index < -0.39 is 0 Å². The van der Waals surface area contributed by atoms with E-state index in [1.807, 2.05) is 24.3 Å². The number of hydrogen-bond donors (Lipinski definition) is 1. The Bertz CT molecular complexity index is 661. The van der Waals surface area contributed by atoms with Gasteiger partial charge in [-0.15, -0.1) is 0 Å². The first-order chi connectivity index (χ1) is 13.5. The molecule has 0 radical (unpaired) electrons. The van der Waals surface area contributed by atoms with Crippen LogP contribution < -0.4 is 10.1 Å². The maximum Gasteiger partial charge on any atom is 0.225 e. The lowest BCUT2D eigenvalue weighted by molar-refractivity contribution is -0.136. The van der Waals surface area contributed by atoms with Crippen LogP contribution in [-0.2, 0) is 9.59 Å². The Hall–Kier alpha value is -2.04. The molecule has 1 atom stereocenters. The first-order valence-corrected chi connectivity index (χ1v) is 10.7. The van der Waals surface area contributed by atoms with E-state index in [0.29, 0.717) is 18.5 Å². The highest BCUT2D eigenvalue weighted by Crippen LogP contribution is 2.37. The Balaban J connectivity index is 1.70. The normalized spacial score (nSPS) is 23.0. The van der Waals surface area contributed by atoms with Crippen LogP contribution in [0.2, 0.25) is 0 Å². The highest BCUT2D eigenvalue weighted by Gasteiger charge is 2.39. The van der Waals surface area contributed by atoms with Crippen molar-refractivity contribution < 1.29 is 14.3 Å². The molecule has 1 unspecified atom stereocenters. The summed E-state index contributed by atoms with van der Waals surface area (Å²) < 4.78 is 5.22. The number of nitrogens with zero attached hydrogens (tertiary/aromatic N) is 1. The molecule has 1 aromatic rings. The van der Waals surface area contributed by atoms with Gasteiger partial charge in [0.2, 0.25) is 11.8 Å². The van der Waals surface area contributed by atoms with Crippen molar-refractivity contribution in [1.29, 1.82) is 0 Å². The maximum absolute atomic E-state index is 13.3. The van der Waals surface area contributed by atoms with Gasteiger partial charge >= 0.3 is 0 Å². The molecule has 0 saturated heterocycles. The van der Waals surface area contributed by atoms with Crippen LogP contribution in [0.5, 0.6) is 5.75 Å². The number of rotatable bonds is 8. The summed E-state index contributed by atoms with van der Waals surface area (Å²) in [7, 11) is 1.63. The molecule has 1 aromatic carbocycles. The summed E-state index contributed by atoms with van der Waals surface area (Å²) in [6.45, 7) is 3.77. The average Bonchev–Trinajstić information content (AvgIpc) is 3.53. The molecule has 0 spiro atoms. The molecule has 2 amide bonds. The van der Waals surface area contributed by atoms with Crippen molar-refractivity contribution in [2.45, 2.75) is 83.3 Å². The lowest BCUT2D eigenvalue weighted by atomic mass is 9.83. The number of nitrogens with one attached hydrogen (secondary N) is 1. The number of benzene rings is 1. The van der Waals surface area contributed by atoms with Crippen molar-refractivity contribution in [3.63, 3.8) is 0 Å². The lowest BCUT2D eigenvalue weighted by Crippen LogP contribution is -2.45. The van der Waals surface area contributed by atoms with Gasteiger partial charge in [-0.2, -0.15) is 0 Å². The maximum atomic E-state index is 13.3. The Kier molecular flexibility index (Phi) is 6.97. The summed E-state index contributed by atoms with van der Waals surface area (Å²) in [5.74, 6) is 1.65. The molecule has 5 heteroatoms. The number of carbonyl (C=O) groups excluding carboxylic acids is 2. The van der Waals surface area contributed by atoms with E-state index in [2.05, 4.69) is 17.1 Å². The standard InChI is InChI=1S/C23H34N2O3/c1-4-17-5-9-19(10-6-17)25(20-11-12-20)23(27)15-22(24-16(2)26)18-7-13-21(28-3)14-8-18/h7-8,13-14,17,19-20,22H,4-6,9-12,15H2,1-3H3,(H,24,26). The third kappa shape index (κ3) is 5.27. The van der Waals surface area contributed by atoms with Crippen LogP contribution in [0.15, 0.2) is 24.3 Å². The van der Waals surface area contributed by atoms with Gasteiger partial charge in [-0.05, 0) is 62.1 Å². The minimum absolute atomic E-state index is 0.116. The Morgan fingerprint density at radius 3 is 2.11 bits per heavy atom. The largest absolute Gasteiger partial charge is 0.497 e. The van der Waals surface area contributed by atoms with Gasteiger partial charge in [-0.3, -0.25) is 9.59 Å². The highest BCUT2D eigenvalue weighted by molar-refractivity contribution is 5.80. The zero-order chi connectivity index (χ0) is 20.1. The van der Waals surface area contributed by atoms with Crippen molar-refractivity contribution in [3.8, 4) is 5.75 Å². The molecule has 0 bridgehead atoms. The van der Waals surface area contributed by atoms with Gasteiger partial charge in [0.15, 0.2) is 0 Å². The van der Waals surface area contributed by atoms with Crippen molar-refractivity contribution in [1.82, 2.24) is 10.2 Å². The lowest BCUT2D eigenvalue weighted by Gasteiger charge is -2.38. The second kappa shape index (κ2) is 9.44. The third-order valence-electron chi connectivity index (χ3n) is 6.29. The van der Waals surface area contributed by atoms with Gasteiger partial charge in [-0.1, -0.05) is 25.5 Å². The summed E-state index contributed by atoms with van der Waals surface area (Å²) in [5.41, 5.74) is 0.940. The molecule has 0 heterocycles. The van der Waals surface area contributed by atoms with Crippen molar-refractivity contribution in [3.05, 3.63) is 29.8 Å². The SMILES string of the molecule is CCC1CCC(N(C(=O)CC(NC(C)=O)c2ccc(OC)cc2)C2CC2)CC1. The number of amides is 2. The number of carbonyl (C=O) groups is 2. The van der Waals surface area contributed by atoms with E-state index in [0.717, 1.165) is 42.9 Å². The first-order valence-electron chi connectivity index (χ1n) is 10.7. The number of methoxy groups -OCH3 is 1. The number of ether oxygens (including phenoxy) is 1. The van der Waals surface area contributed by atoms with Gasteiger partial charge in [0.1, 0.15) is 5.75 Å². The van der Waals surface area contributed by atoms with Gasteiger partial charge < -0.3 is 15.0 Å². The minimum atomic E-state index is -0.302. The molecule has 28 heavy (non-hydrogen) atoms. The molecule has 2 fully saturated rings. The summed E-state index contributed by atoms with van der Waals surface area (Å²) in [4.78, 5) is 27.2. The van der Waals surface area contributed by atoms with Crippen molar-refractivity contribution >= 4 is 11.8 Å². The molecule has 3 rings (SSSR count). The predicted molar refractivity (Wildman–Crippen MR) is 110 cm³/mol. The van der Waals surface area contributed by atoms with E-state index >= 15 is 0 Å². The van der Waals surface area contributed by atoms with E-state index in [1.165, 1.54) is 26.2 Å². The van der Waals surface area contributed by atoms with Crippen LogP contribution in [0.25, 0.3) is 0 Å². The average molecular weight is 387 g/mol. The van der Waals surface area contributed by atoms with E-state index in [-0.39, 0.29) is 17.9 Å². The van der Waals surface area contributed by atoms with Gasteiger partial charge in [0.25, 0.3) is 0 Å². The second-order valence-electron chi connectivity index (χ2n) is 8.35. The predicted octanol–water partition coefficient (Wildman–Crippen LogP) is 4.22. The monoisotopic (exact) mass is 386 g/mol. The third-order valence-corrected chi connectivity index (χ3v) is 6.29. The van der Waals surface area contributed by atoms with Crippen LogP contribution >= 0.6 is 0 Å². The molecule has 5 nitrogen and oxygen atoms in total. The molecular formula is C23H34N2O3. The van der Waals surface area contributed by atoms with Gasteiger partial charge in [-0.25, -0.2) is 0 Å². The molecule has 0 aliphatic heterocycles. The Morgan fingerprint density at radius 2 is 1.64 bits per heavy atom. The van der Waals surface area contributed by atoms with E-state index in [9.17, 15) is 9.59 Å². The smallest absolute Gasteiger partial charge is 0.225 e. The number of hydrogen-bond acceptors (Lipinski definition) is 3. The summed E-state index contributed by atoms with van der Waals surface area (Å²) >= 11 is 0. The zero-order valence-electron chi connectivity index (χ0n) is 17.4. The van der Waals surface area contributed by atoms with Crippen molar-refractivity contribution in [2.75, 3.05) is 7.11 Å². The first kappa shape index (κ1) is 20.7. The van der Waals surface area contributed by atoms with E-state index in [1.54, 1.807) is 7.11 Å². The molecular weight excluding hydrogens is 352 g/mol. The van der Waals surface area contributed by atoms with E-state index in [4.69, 9.17) is 4.74 Å². The zero-order valence-corrected chi connectivity index (χ0v) is 17.4. The Labute approximate surface area is 168 Å². The summed E-state index contributed by atoms with van der Waals surface area (Å²) in [5, 5.41) is 2.97. The molecule has 154 valence electrons. The van der Waals surface area contributed by atoms with Crippen LogP contribution in [0, 0.1) is 5.92 Å². The van der Waals surface area contributed by atoms with Crippen LogP contribution in [0.1, 0.15) is 76.8 Å². The highest BCUT2D eigenvalue weighted by atomic mass is 16.5. The fourth-order valence-electron chi connectivity index (χ4n) is 4.50. The molecule has 2 aliphatic rings. The molecule has 1 N–H and O–H groups in total. The van der Waals surface area contributed by atoms with Crippen LogP contribution in [-0.4, -0.2) is 35.9 Å².